The maximum absolute atomic E-state index is 13.8. The average molecular weight is 527 g/mol. The molecule has 1 aliphatic heterocycles. The highest BCUT2D eigenvalue weighted by Gasteiger charge is 2.59. The zero-order valence-electron chi connectivity index (χ0n) is 21.1. The fourth-order valence-corrected chi connectivity index (χ4v) is 5.30. The van der Waals surface area contributed by atoms with Crippen LogP contribution in [-0.2, 0) is 20.9 Å². The molecule has 1 aromatic carbocycles. The van der Waals surface area contributed by atoms with Crippen LogP contribution in [0.15, 0.2) is 53.3 Å². The molecule has 11 heteroatoms. The number of rotatable bonds is 7. The fourth-order valence-electron chi connectivity index (χ4n) is 5.30. The van der Waals surface area contributed by atoms with Crippen LogP contribution in [0.4, 0.5) is 18.4 Å². The lowest BCUT2D eigenvalue weighted by molar-refractivity contribution is -0.141. The summed E-state index contributed by atoms with van der Waals surface area (Å²) < 4.78 is 33.2. The summed E-state index contributed by atoms with van der Waals surface area (Å²) in [4.78, 5) is 53.8. The summed E-state index contributed by atoms with van der Waals surface area (Å²) in [6, 6.07) is 2.47. The van der Waals surface area contributed by atoms with Gasteiger partial charge >= 0.3 is 12.1 Å². The summed E-state index contributed by atoms with van der Waals surface area (Å²) >= 11 is 0. The molecule has 5 amide bonds. The van der Waals surface area contributed by atoms with Crippen molar-refractivity contribution in [3.63, 3.8) is 0 Å². The molecule has 1 spiro atoms. The normalized spacial score (nSPS) is 22.8. The number of allylic oxidation sites excluding steroid dienone is 3. The lowest BCUT2D eigenvalue weighted by atomic mass is 9.87. The fraction of sp³-hybridized carbons (Fsp3) is 0.407. The van der Waals surface area contributed by atoms with Gasteiger partial charge in [0.05, 0.1) is 0 Å². The topological polar surface area (TPSA) is 108 Å². The smallest absolute Gasteiger partial charge is 0.418 e. The van der Waals surface area contributed by atoms with E-state index in [1.165, 1.54) is 11.9 Å². The molecule has 1 saturated carbocycles. The molecule has 1 heterocycles. The van der Waals surface area contributed by atoms with Gasteiger partial charge in [-0.15, -0.1) is 0 Å². The van der Waals surface area contributed by atoms with Crippen LogP contribution in [0.25, 0.3) is 0 Å². The number of hydrogen-bond acceptors (Lipinski definition) is 5. The zero-order chi connectivity index (χ0) is 27.2. The number of carbonyl (C=O) groups is 4. The van der Waals surface area contributed by atoms with Crippen molar-refractivity contribution in [2.24, 2.45) is 5.92 Å². The molecular weight excluding hydrogens is 498 g/mol. The SMILES string of the molecule is CNC(=O)NC1=CC=C2C(=CC[C@@]23OC(=O)N(CC(=O)N(Cc2cc(F)cc(F)c2)C(C)C2CC2)C3=O)C1. The molecule has 0 bridgehead atoms. The van der Waals surface area contributed by atoms with Crippen LogP contribution in [0.3, 0.4) is 0 Å². The number of nitrogens with one attached hydrogen (secondary N) is 2. The van der Waals surface area contributed by atoms with Gasteiger partial charge in [0.15, 0.2) is 0 Å². The predicted octanol–water partition coefficient (Wildman–Crippen LogP) is 3.28. The second-order valence-corrected chi connectivity index (χ2v) is 10.1. The second kappa shape index (κ2) is 9.70. The molecule has 2 atom stereocenters. The van der Waals surface area contributed by atoms with Gasteiger partial charge in [-0.3, -0.25) is 9.59 Å². The van der Waals surface area contributed by atoms with Crippen LogP contribution in [0, 0.1) is 17.6 Å². The van der Waals surface area contributed by atoms with E-state index in [1.54, 1.807) is 18.2 Å². The molecule has 9 nitrogen and oxygen atoms in total. The molecule has 0 radical (unpaired) electrons. The highest BCUT2D eigenvalue weighted by atomic mass is 19.1. The Labute approximate surface area is 218 Å². The summed E-state index contributed by atoms with van der Waals surface area (Å²) in [5.41, 5.74) is 0.622. The van der Waals surface area contributed by atoms with Crippen molar-refractivity contribution in [1.82, 2.24) is 20.4 Å². The van der Waals surface area contributed by atoms with Crippen molar-refractivity contribution in [1.29, 1.82) is 0 Å². The molecule has 1 saturated heterocycles. The summed E-state index contributed by atoms with van der Waals surface area (Å²) in [5.74, 6) is -2.42. The molecule has 5 rings (SSSR count). The number of nitrogens with zero attached hydrogens (tertiary/aromatic N) is 2. The van der Waals surface area contributed by atoms with Gasteiger partial charge < -0.3 is 20.3 Å². The Morgan fingerprint density at radius 1 is 1.18 bits per heavy atom. The Kier molecular flexibility index (Phi) is 6.54. The third-order valence-corrected chi connectivity index (χ3v) is 7.51. The third kappa shape index (κ3) is 4.68. The Morgan fingerprint density at radius 3 is 2.55 bits per heavy atom. The largest absolute Gasteiger partial charge is 0.427 e. The van der Waals surface area contributed by atoms with E-state index in [0.29, 0.717) is 17.7 Å². The summed E-state index contributed by atoms with van der Waals surface area (Å²) in [7, 11) is 1.50. The Balaban J connectivity index is 1.34. The van der Waals surface area contributed by atoms with Crippen LogP contribution < -0.4 is 10.6 Å². The molecule has 3 aliphatic carbocycles. The Bertz CT molecular complexity index is 1300. The number of benzene rings is 1. The maximum atomic E-state index is 13.8. The van der Waals surface area contributed by atoms with Gasteiger partial charge in [0.25, 0.3) is 5.91 Å². The van der Waals surface area contributed by atoms with Crippen molar-refractivity contribution in [2.75, 3.05) is 13.6 Å². The molecule has 4 aliphatic rings. The van der Waals surface area contributed by atoms with E-state index in [9.17, 15) is 28.0 Å². The Hall–Kier alpha value is -4.02. The standard InChI is InChI=1S/C27H28F2N4O5/c1-15(17-3-4-17)32(13-16-9-19(28)12-20(29)10-16)23(34)14-33-24(35)27(38-26(33)37)8-7-18-11-21(5-6-22(18)27)31-25(36)30-2/h5-7,9-10,12,15,17H,3-4,8,11,13-14H2,1-2H3,(H2,30,31,36)/t15?,27-/m1/s1. The lowest BCUT2D eigenvalue weighted by Gasteiger charge is -2.31. The van der Waals surface area contributed by atoms with Crippen LogP contribution in [-0.4, -0.2) is 59.0 Å². The van der Waals surface area contributed by atoms with Gasteiger partial charge in [0.2, 0.25) is 11.5 Å². The lowest BCUT2D eigenvalue weighted by Crippen LogP contribution is -2.48. The van der Waals surface area contributed by atoms with E-state index in [2.05, 4.69) is 10.6 Å². The maximum Gasteiger partial charge on any atom is 0.418 e. The Morgan fingerprint density at radius 2 is 1.89 bits per heavy atom. The molecule has 38 heavy (non-hydrogen) atoms. The number of amides is 5. The van der Waals surface area contributed by atoms with Gasteiger partial charge in [-0.05, 0) is 55.0 Å². The minimum Gasteiger partial charge on any atom is -0.427 e. The first-order valence-electron chi connectivity index (χ1n) is 12.5. The van der Waals surface area contributed by atoms with Crippen LogP contribution >= 0.6 is 0 Å². The van der Waals surface area contributed by atoms with E-state index in [4.69, 9.17) is 4.74 Å². The van der Waals surface area contributed by atoms with Gasteiger partial charge in [0, 0.05) is 49.8 Å². The number of urea groups is 1. The number of hydrogen-bond donors (Lipinski definition) is 2. The predicted molar refractivity (Wildman–Crippen MR) is 131 cm³/mol. The summed E-state index contributed by atoms with van der Waals surface area (Å²) in [5, 5.41) is 5.18. The molecule has 0 aromatic heterocycles. The van der Waals surface area contributed by atoms with E-state index >= 15 is 0 Å². The van der Waals surface area contributed by atoms with Gasteiger partial charge in [-0.1, -0.05) is 12.2 Å². The molecule has 1 unspecified atom stereocenters. The third-order valence-electron chi connectivity index (χ3n) is 7.51. The zero-order valence-corrected chi connectivity index (χ0v) is 21.1. The number of carbonyl (C=O) groups excluding carboxylic acids is 4. The van der Waals surface area contributed by atoms with E-state index in [0.717, 1.165) is 41.5 Å². The molecule has 2 fully saturated rings. The molecule has 1 aromatic rings. The van der Waals surface area contributed by atoms with Gasteiger partial charge in [0.1, 0.15) is 18.2 Å². The van der Waals surface area contributed by atoms with Crippen LogP contribution in [0.1, 0.15) is 38.2 Å². The average Bonchev–Trinajstić information content (AvgIpc) is 3.62. The van der Waals surface area contributed by atoms with Crippen molar-refractivity contribution < 1.29 is 32.7 Å². The number of imide groups is 1. The summed E-state index contributed by atoms with van der Waals surface area (Å²) in [6.07, 6.45) is 6.47. The van der Waals surface area contributed by atoms with Gasteiger partial charge in [-0.25, -0.2) is 23.3 Å². The quantitative estimate of drug-likeness (QED) is 0.567. The monoisotopic (exact) mass is 526 g/mol. The van der Waals surface area contributed by atoms with Crippen molar-refractivity contribution in [3.05, 3.63) is 70.5 Å². The van der Waals surface area contributed by atoms with Crippen molar-refractivity contribution in [2.45, 2.75) is 50.8 Å². The van der Waals surface area contributed by atoms with Gasteiger partial charge in [-0.2, -0.15) is 0 Å². The number of halogens is 2. The first kappa shape index (κ1) is 25.6. The highest BCUT2D eigenvalue weighted by Crippen LogP contribution is 2.46. The second-order valence-electron chi connectivity index (χ2n) is 10.1. The summed E-state index contributed by atoms with van der Waals surface area (Å²) in [6.45, 7) is 1.25. The minimum atomic E-state index is -1.56. The van der Waals surface area contributed by atoms with Crippen LogP contribution in [0.2, 0.25) is 0 Å². The van der Waals surface area contributed by atoms with E-state index in [-0.39, 0.29) is 36.5 Å². The highest BCUT2D eigenvalue weighted by molar-refractivity contribution is 6.08. The molecular formula is C27H28F2N4O5. The molecule has 200 valence electrons. The molecule has 2 N–H and O–H groups in total. The van der Waals surface area contributed by atoms with Crippen molar-refractivity contribution >= 4 is 23.9 Å². The minimum absolute atomic E-state index is 0.0594. The van der Waals surface area contributed by atoms with Crippen molar-refractivity contribution in [3.8, 4) is 0 Å². The number of fused-ring (bicyclic) bond motifs is 2. The van der Waals surface area contributed by atoms with Crippen LogP contribution in [0.5, 0.6) is 0 Å². The van der Waals surface area contributed by atoms with E-state index < -0.39 is 41.7 Å². The number of ether oxygens (including phenoxy) is 1. The van der Waals surface area contributed by atoms with E-state index in [1.807, 2.05) is 6.92 Å². The first-order valence-corrected chi connectivity index (χ1v) is 12.5. The first-order chi connectivity index (χ1) is 18.1.